The first-order valence-electron chi connectivity index (χ1n) is 10.5. The first-order valence-corrected chi connectivity index (χ1v) is 11.5. The van der Waals surface area contributed by atoms with Gasteiger partial charge in [0.1, 0.15) is 11.5 Å². The molecule has 4 heterocycles. The predicted molar refractivity (Wildman–Crippen MR) is 113 cm³/mol. The summed E-state index contributed by atoms with van der Waals surface area (Å²) in [7, 11) is 0. The van der Waals surface area contributed by atoms with Gasteiger partial charge in [-0.2, -0.15) is 0 Å². The maximum absolute atomic E-state index is 13.2. The van der Waals surface area contributed by atoms with Gasteiger partial charge in [-0.3, -0.25) is 4.79 Å². The molecule has 11 nitrogen and oxygen atoms in total. The second-order valence-corrected chi connectivity index (χ2v) is 9.24. The summed E-state index contributed by atoms with van der Waals surface area (Å²) in [6, 6.07) is 6.37. The SMILES string of the molecule is Cc1nnnn1CCSC1=C(C(=O)OC2OC(=O)c3ccccc32)N2C(=O)[C@@H]([C@H](C)O)[C@H]2C1. The summed E-state index contributed by atoms with van der Waals surface area (Å²) in [6.45, 7) is 3.88. The van der Waals surface area contributed by atoms with Gasteiger partial charge >= 0.3 is 11.9 Å². The molecule has 33 heavy (non-hydrogen) atoms. The summed E-state index contributed by atoms with van der Waals surface area (Å²) in [5.74, 6) is -0.971. The topological polar surface area (TPSA) is 137 Å². The van der Waals surface area contributed by atoms with Crippen molar-refractivity contribution in [2.24, 2.45) is 5.92 Å². The van der Waals surface area contributed by atoms with E-state index in [1.165, 1.54) is 16.7 Å². The minimum atomic E-state index is -1.17. The molecule has 2 aromatic rings. The van der Waals surface area contributed by atoms with E-state index in [2.05, 4.69) is 15.5 Å². The van der Waals surface area contributed by atoms with Crippen LogP contribution in [0.2, 0.25) is 0 Å². The lowest BCUT2D eigenvalue weighted by Gasteiger charge is -2.44. The Bertz CT molecular complexity index is 1180. The van der Waals surface area contributed by atoms with Crippen molar-refractivity contribution in [3.8, 4) is 0 Å². The highest BCUT2D eigenvalue weighted by atomic mass is 32.2. The average Bonchev–Trinajstić information content (AvgIpc) is 3.43. The van der Waals surface area contributed by atoms with Gasteiger partial charge in [0, 0.05) is 22.6 Å². The van der Waals surface area contributed by atoms with Crippen LogP contribution in [0.15, 0.2) is 34.9 Å². The van der Waals surface area contributed by atoms with Crippen LogP contribution in [0.25, 0.3) is 0 Å². The standard InChI is InChI=1S/C21H21N5O6S/c1-10(27)16-14-9-15(33-8-7-25-11(2)22-23-24-25)17(26(14)18(16)28)20(30)32-21-13-6-4-3-5-12(13)19(29)31-21/h3-6,10,14,16,21,27H,7-9H2,1-2H3/t10-,14+,16-,21?/m0/s1. The highest BCUT2D eigenvalue weighted by Crippen LogP contribution is 2.48. The number of amides is 1. The van der Waals surface area contributed by atoms with Crippen LogP contribution in [0.4, 0.5) is 0 Å². The number of carbonyl (C=O) groups excluding carboxylic acids is 3. The van der Waals surface area contributed by atoms with E-state index in [9.17, 15) is 19.5 Å². The number of aromatic nitrogens is 4. The summed E-state index contributed by atoms with van der Waals surface area (Å²) in [4.78, 5) is 40.1. The summed E-state index contributed by atoms with van der Waals surface area (Å²) >= 11 is 1.41. The Labute approximate surface area is 192 Å². The molecule has 0 aliphatic carbocycles. The zero-order chi connectivity index (χ0) is 23.3. The predicted octanol–water partition coefficient (Wildman–Crippen LogP) is 0.950. The van der Waals surface area contributed by atoms with E-state index >= 15 is 0 Å². The van der Waals surface area contributed by atoms with Crippen LogP contribution in [0.5, 0.6) is 0 Å². The molecule has 0 saturated carbocycles. The zero-order valence-electron chi connectivity index (χ0n) is 17.9. The smallest absolute Gasteiger partial charge is 0.359 e. The maximum Gasteiger partial charge on any atom is 0.359 e. The fraction of sp³-hybridized carbons (Fsp3) is 0.429. The number of fused-ring (bicyclic) bond motifs is 2. The molecule has 172 valence electrons. The summed E-state index contributed by atoms with van der Waals surface area (Å²) in [6.07, 6.45) is -1.56. The van der Waals surface area contributed by atoms with E-state index in [0.717, 1.165) is 0 Å². The second-order valence-electron chi connectivity index (χ2n) is 8.05. The van der Waals surface area contributed by atoms with Crippen LogP contribution in [0.3, 0.4) is 0 Å². The lowest BCUT2D eigenvalue weighted by atomic mass is 9.83. The number of rotatable bonds is 7. The van der Waals surface area contributed by atoms with Gasteiger partial charge < -0.3 is 19.5 Å². The Morgan fingerprint density at radius 3 is 2.88 bits per heavy atom. The Morgan fingerprint density at radius 1 is 1.36 bits per heavy atom. The largest absolute Gasteiger partial charge is 0.417 e. The van der Waals surface area contributed by atoms with Crippen molar-refractivity contribution in [3.63, 3.8) is 0 Å². The molecule has 1 unspecified atom stereocenters. The molecule has 1 amide bonds. The Morgan fingerprint density at radius 2 is 2.15 bits per heavy atom. The molecule has 1 saturated heterocycles. The lowest BCUT2D eigenvalue weighted by molar-refractivity contribution is -0.172. The van der Waals surface area contributed by atoms with Crippen molar-refractivity contribution in [3.05, 3.63) is 51.8 Å². The number of cyclic esters (lactones) is 1. The van der Waals surface area contributed by atoms with Crippen molar-refractivity contribution in [2.75, 3.05) is 5.75 Å². The molecule has 1 N–H and O–H groups in total. The number of nitrogens with zero attached hydrogens (tertiary/aromatic N) is 5. The number of benzene rings is 1. The molecule has 4 atom stereocenters. The fourth-order valence-corrected chi connectivity index (χ4v) is 5.53. The number of hydrogen-bond acceptors (Lipinski definition) is 10. The first-order chi connectivity index (χ1) is 15.9. The molecular formula is C21H21N5O6S. The molecule has 1 fully saturated rings. The van der Waals surface area contributed by atoms with Crippen LogP contribution in [0, 0.1) is 12.8 Å². The number of tetrazole rings is 1. The van der Waals surface area contributed by atoms with Crippen molar-refractivity contribution < 1.29 is 29.0 Å². The van der Waals surface area contributed by atoms with E-state index in [4.69, 9.17) is 9.47 Å². The van der Waals surface area contributed by atoms with Gasteiger partial charge in [0.25, 0.3) is 6.29 Å². The van der Waals surface area contributed by atoms with Crippen LogP contribution in [-0.2, 0) is 25.6 Å². The second kappa shape index (κ2) is 8.27. The number of carbonyl (C=O) groups is 3. The number of esters is 2. The Hall–Kier alpha value is -3.25. The molecule has 0 bridgehead atoms. The number of aryl methyl sites for hydroxylation is 2. The molecule has 1 aromatic carbocycles. The third kappa shape index (κ3) is 3.59. The minimum absolute atomic E-state index is 0.140. The highest BCUT2D eigenvalue weighted by molar-refractivity contribution is 8.03. The molecule has 0 radical (unpaired) electrons. The monoisotopic (exact) mass is 471 g/mol. The van der Waals surface area contributed by atoms with Gasteiger partial charge in [-0.05, 0) is 30.3 Å². The van der Waals surface area contributed by atoms with Crippen LogP contribution in [0.1, 0.15) is 41.4 Å². The van der Waals surface area contributed by atoms with Crippen LogP contribution >= 0.6 is 11.8 Å². The van der Waals surface area contributed by atoms with Crippen LogP contribution in [-0.4, -0.2) is 66.0 Å². The number of aliphatic hydroxyl groups is 1. The normalized spacial score (nSPS) is 24.3. The Balaban J connectivity index is 1.37. The molecule has 5 rings (SSSR count). The number of β-lactam (4-membered cyclic amide) rings is 1. The number of hydrogen-bond donors (Lipinski definition) is 1. The van der Waals surface area contributed by atoms with Gasteiger partial charge in [-0.15, -0.1) is 16.9 Å². The fourth-order valence-electron chi connectivity index (χ4n) is 4.41. The number of aliphatic hydroxyl groups excluding tert-OH is 1. The maximum atomic E-state index is 13.2. The number of thioether (sulfide) groups is 1. The Kier molecular flexibility index (Phi) is 5.41. The third-order valence-electron chi connectivity index (χ3n) is 6.03. The van der Waals surface area contributed by atoms with E-state index in [-0.39, 0.29) is 17.6 Å². The average molecular weight is 471 g/mol. The minimum Gasteiger partial charge on any atom is -0.417 e. The first kappa shape index (κ1) is 21.6. The quantitative estimate of drug-likeness (QED) is 0.459. The van der Waals surface area contributed by atoms with Gasteiger partial charge in [0.2, 0.25) is 5.91 Å². The molecule has 0 spiro atoms. The van der Waals surface area contributed by atoms with Crippen molar-refractivity contribution in [1.29, 1.82) is 0 Å². The molecule has 12 heteroatoms. The molecule has 3 aliphatic rings. The van der Waals surface area contributed by atoms with E-state index < -0.39 is 30.3 Å². The summed E-state index contributed by atoms with van der Waals surface area (Å²) < 4.78 is 12.4. The van der Waals surface area contributed by atoms with Gasteiger partial charge in [-0.1, -0.05) is 18.2 Å². The summed E-state index contributed by atoms with van der Waals surface area (Å²) in [5.41, 5.74) is 0.945. The molecule has 3 aliphatic heterocycles. The highest BCUT2D eigenvalue weighted by Gasteiger charge is 2.57. The van der Waals surface area contributed by atoms with Gasteiger partial charge in [0.05, 0.1) is 30.2 Å². The number of ether oxygens (including phenoxy) is 2. The van der Waals surface area contributed by atoms with E-state index in [0.29, 0.717) is 40.6 Å². The van der Waals surface area contributed by atoms with Crippen molar-refractivity contribution in [2.45, 2.75) is 45.2 Å². The van der Waals surface area contributed by atoms with Crippen molar-refractivity contribution in [1.82, 2.24) is 25.1 Å². The van der Waals surface area contributed by atoms with Crippen molar-refractivity contribution >= 4 is 29.6 Å². The third-order valence-corrected chi connectivity index (χ3v) is 7.13. The molecule has 1 aromatic heterocycles. The van der Waals surface area contributed by atoms with E-state index in [1.807, 2.05) is 0 Å². The zero-order valence-corrected chi connectivity index (χ0v) is 18.7. The summed E-state index contributed by atoms with van der Waals surface area (Å²) in [5, 5.41) is 21.4. The van der Waals surface area contributed by atoms with E-state index in [1.54, 1.807) is 42.8 Å². The van der Waals surface area contributed by atoms with Crippen LogP contribution < -0.4 is 0 Å². The lowest BCUT2D eigenvalue weighted by Crippen LogP contribution is -2.61. The van der Waals surface area contributed by atoms with Gasteiger partial charge in [-0.25, -0.2) is 14.3 Å². The van der Waals surface area contributed by atoms with Gasteiger partial charge in [0.15, 0.2) is 0 Å². The molecular weight excluding hydrogens is 450 g/mol.